The number of hydrogen-bond donors (Lipinski definition) is 4. The molecule has 8 nitrogen and oxygen atoms in total. The quantitative estimate of drug-likeness (QED) is 0.601. The number of rotatable bonds is 5. The molecule has 0 atom stereocenters. The van der Waals surface area contributed by atoms with Gasteiger partial charge in [-0.1, -0.05) is 12.1 Å². The Labute approximate surface area is 131 Å². The fraction of sp³-hybridized carbons (Fsp3) is 0.133. The third kappa shape index (κ3) is 4.60. The summed E-state index contributed by atoms with van der Waals surface area (Å²) in [7, 11) is 0. The lowest BCUT2D eigenvalue weighted by atomic mass is 10.2. The highest BCUT2D eigenvalue weighted by Gasteiger charge is 2.11. The van der Waals surface area contributed by atoms with Crippen LogP contribution in [0.2, 0.25) is 0 Å². The summed E-state index contributed by atoms with van der Waals surface area (Å²) in [4.78, 5) is 34.9. The zero-order valence-electron chi connectivity index (χ0n) is 12.0. The molecule has 8 heteroatoms. The van der Waals surface area contributed by atoms with Crippen molar-refractivity contribution in [1.82, 2.24) is 16.2 Å². The largest absolute Gasteiger partial charge is 0.507 e. The zero-order valence-corrected chi connectivity index (χ0v) is 12.0. The number of carbonyl (C=O) groups is 3. The van der Waals surface area contributed by atoms with Crippen LogP contribution < -0.4 is 16.2 Å². The lowest BCUT2D eigenvalue weighted by Gasteiger charge is -2.08. The van der Waals surface area contributed by atoms with E-state index in [-0.39, 0.29) is 30.2 Å². The Balaban J connectivity index is 1.70. The van der Waals surface area contributed by atoms with Crippen LogP contribution in [0.15, 0.2) is 47.3 Å². The van der Waals surface area contributed by atoms with Crippen LogP contribution in [0, 0.1) is 0 Å². The first-order valence-electron chi connectivity index (χ1n) is 6.75. The highest BCUT2D eigenvalue weighted by atomic mass is 16.3. The number of phenols is 1. The van der Waals surface area contributed by atoms with Gasteiger partial charge in [-0.3, -0.25) is 25.2 Å². The van der Waals surface area contributed by atoms with E-state index in [4.69, 9.17) is 4.42 Å². The molecule has 0 saturated carbocycles. The van der Waals surface area contributed by atoms with E-state index in [2.05, 4.69) is 16.2 Å². The van der Waals surface area contributed by atoms with Crippen LogP contribution in [0.25, 0.3) is 0 Å². The molecule has 0 saturated heterocycles. The van der Waals surface area contributed by atoms with Crippen molar-refractivity contribution in [2.45, 2.75) is 6.42 Å². The fourth-order valence-corrected chi connectivity index (χ4v) is 1.71. The Hall–Kier alpha value is -3.29. The molecule has 1 aromatic heterocycles. The highest BCUT2D eigenvalue weighted by Crippen LogP contribution is 2.14. The number of nitrogens with one attached hydrogen (secondary N) is 3. The van der Waals surface area contributed by atoms with Gasteiger partial charge in [0.25, 0.3) is 11.8 Å². The summed E-state index contributed by atoms with van der Waals surface area (Å²) in [5.41, 5.74) is 4.78. The number of benzene rings is 1. The summed E-state index contributed by atoms with van der Waals surface area (Å²) in [6.07, 6.45) is 2.64. The molecule has 0 spiro atoms. The van der Waals surface area contributed by atoms with Gasteiger partial charge in [-0.2, -0.15) is 0 Å². The Morgan fingerprint density at radius 1 is 1.04 bits per heavy atom. The molecule has 0 fully saturated rings. The molecule has 2 rings (SSSR count). The normalized spacial score (nSPS) is 9.91. The number of amides is 3. The zero-order chi connectivity index (χ0) is 16.7. The molecule has 1 aromatic carbocycles. The number of hydrazine groups is 1. The Bertz CT molecular complexity index is 697. The number of carbonyl (C=O) groups excluding carboxylic acids is 3. The van der Waals surface area contributed by atoms with E-state index < -0.39 is 11.8 Å². The molecule has 23 heavy (non-hydrogen) atoms. The standard InChI is InChI=1S/C15H15N3O5/c19-12-4-2-1-3-11(12)15(22)18-17-13(20)5-7-16-14(21)10-6-8-23-9-10/h1-4,6,8-9,19H,5,7H2,(H,16,21)(H,17,20)(H,18,22). The van der Waals surface area contributed by atoms with E-state index in [1.807, 2.05) is 0 Å². The molecule has 0 aliphatic rings. The summed E-state index contributed by atoms with van der Waals surface area (Å²) >= 11 is 0. The van der Waals surface area contributed by atoms with Crippen molar-refractivity contribution < 1.29 is 23.9 Å². The summed E-state index contributed by atoms with van der Waals surface area (Å²) in [6.45, 7) is 0.0995. The first-order valence-corrected chi connectivity index (χ1v) is 6.75. The molecular weight excluding hydrogens is 302 g/mol. The lowest BCUT2D eigenvalue weighted by Crippen LogP contribution is -2.42. The predicted molar refractivity (Wildman–Crippen MR) is 79.4 cm³/mol. The predicted octanol–water partition coefficient (Wildman–Crippen LogP) is 0.566. The summed E-state index contributed by atoms with van der Waals surface area (Å²) < 4.78 is 4.77. The maximum atomic E-state index is 11.7. The maximum absolute atomic E-state index is 11.7. The molecule has 0 radical (unpaired) electrons. The fourth-order valence-electron chi connectivity index (χ4n) is 1.71. The highest BCUT2D eigenvalue weighted by molar-refractivity contribution is 5.97. The minimum Gasteiger partial charge on any atom is -0.507 e. The minimum absolute atomic E-state index is 0.0232. The monoisotopic (exact) mass is 317 g/mol. The minimum atomic E-state index is -0.640. The molecular formula is C15H15N3O5. The first kappa shape index (κ1) is 16.1. The molecule has 120 valence electrons. The van der Waals surface area contributed by atoms with Crippen molar-refractivity contribution in [3.63, 3.8) is 0 Å². The second-order valence-electron chi connectivity index (χ2n) is 4.54. The molecule has 2 aromatic rings. The van der Waals surface area contributed by atoms with E-state index in [0.29, 0.717) is 5.56 Å². The van der Waals surface area contributed by atoms with Crippen LogP contribution in [-0.4, -0.2) is 29.4 Å². The topological polar surface area (TPSA) is 121 Å². The number of para-hydroxylation sites is 1. The molecule has 0 aliphatic heterocycles. The summed E-state index contributed by atoms with van der Waals surface area (Å²) in [5.74, 6) is -1.67. The molecule has 0 bridgehead atoms. The van der Waals surface area contributed by atoms with Gasteiger partial charge in [-0.15, -0.1) is 0 Å². The average Bonchev–Trinajstić information content (AvgIpc) is 3.07. The number of hydrogen-bond acceptors (Lipinski definition) is 5. The Morgan fingerprint density at radius 3 is 2.52 bits per heavy atom. The van der Waals surface area contributed by atoms with E-state index in [0.717, 1.165) is 0 Å². The van der Waals surface area contributed by atoms with Crippen LogP contribution in [0.4, 0.5) is 0 Å². The van der Waals surface area contributed by atoms with Gasteiger partial charge in [-0.25, -0.2) is 0 Å². The number of aromatic hydroxyl groups is 1. The second kappa shape index (κ2) is 7.64. The van der Waals surface area contributed by atoms with Crippen molar-refractivity contribution in [3.8, 4) is 5.75 Å². The number of furan rings is 1. The Morgan fingerprint density at radius 2 is 1.83 bits per heavy atom. The van der Waals surface area contributed by atoms with Gasteiger partial charge >= 0.3 is 0 Å². The summed E-state index contributed by atoms with van der Waals surface area (Å²) in [6, 6.07) is 7.45. The smallest absolute Gasteiger partial charge is 0.273 e. The third-order valence-corrected chi connectivity index (χ3v) is 2.89. The van der Waals surface area contributed by atoms with Crippen molar-refractivity contribution in [1.29, 1.82) is 0 Å². The molecule has 1 heterocycles. The van der Waals surface area contributed by atoms with Crippen LogP contribution in [0.5, 0.6) is 5.75 Å². The van der Waals surface area contributed by atoms with Gasteiger partial charge in [0, 0.05) is 13.0 Å². The second-order valence-corrected chi connectivity index (χ2v) is 4.54. The maximum Gasteiger partial charge on any atom is 0.273 e. The van der Waals surface area contributed by atoms with E-state index in [9.17, 15) is 19.5 Å². The first-order chi connectivity index (χ1) is 11.1. The SMILES string of the molecule is O=C(CCNC(=O)c1ccoc1)NNC(=O)c1ccccc1O. The third-order valence-electron chi connectivity index (χ3n) is 2.89. The van der Waals surface area contributed by atoms with Crippen LogP contribution in [0.3, 0.4) is 0 Å². The van der Waals surface area contributed by atoms with Crippen LogP contribution in [-0.2, 0) is 4.79 Å². The van der Waals surface area contributed by atoms with Gasteiger partial charge in [-0.05, 0) is 18.2 Å². The van der Waals surface area contributed by atoms with Gasteiger partial charge in [0.2, 0.25) is 5.91 Å². The van der Waals surface area contributed by atoms with Gasteiger partial charge in [0.15, 0.2) is 0 Å². The molecule has 0 aliphatic carbocycles. The van der Waals surface area contributed by atoms with Gasteiger partial charge in [0.05, 0.1) is 17.4 Å². The van der Waals surface area contributed by atoms with E-state index in [1.54, 1.807) is 12.1 Å². The average molecular weight is 317 g/mol. The molecule has 4 N–H and O–H groups in total. The van der Waals surface area contributed by atoms with Crippen molar-refractivity contribution >= 4 is 17.7 Å². The van der Waals surface area contributed by atoms with E-state index in [1.165, 1.54) is 30.7 Å². The lowest BCUT2D eigenvalue weighted by molar-refractivity contribution is -0.121. The van der Waals surface area contributed by atoms with Crippen molar-refractivity contribution in [2.24, 2.45) is 0 Å². The van der Waals surface area contributed by atoms with Gasteiger partial charge < -0.3 is 14.8 Å². The van der Waals surface area contributed by atoms with E-state index >= 15 is 0 Å². The molecule has 3 amide bonds. The van der Waals surface area contributed by atoms with Gasteiger partial charge in [0.1, 0.15) is 12.0 Å². The summed E-state index contributed by atoms with van der Waals surface area (Å²) in [5, 5.41) is 12.0. The van der Waals surface area contributed by atoms with Crippen LogP contribution in [0.1, 0.15) is 27.1 Å². The van der Waals surface area contributed by atoms with Crippen molar-refractivity contribution in [2.75, 3.05) is 6.54 Å². The molecule has 0 unspecified atom stereocenters. The van der Waals surface area contributed by atoms with Crippen molar-refractivity contribution in [3.05, 3.63) is 54.0 Å². The number of phenolic OH excluding ortho intramolecular Hbond substituents is 1. The van der Waals surface area contributed by atoms with Crippen LogP contribution >= 0.6 is 0 Å². The Kier molecular flexibility index (Phi) is 5.35.